The SMILES string of the molecule is Cc1[nH]c(C(=O)NC2[C@H]3CN(c4nc(Cc5ccc(Cl)cc5)c(C(=O)O)s4)C[C@@H]23)c(Cl)c1Cl.[LiH]. The van der Waals surface area contributed by atoms with Gasteiger partial charge in [-0.1, -0.05) is 58.3 Å². The molecule has 5 rings (SSSR count). The van der Waals surface area contributed by atoms with E-state index in [4.69, 9.17) is 34.8 Å². The molecule has 0 radical (unpaired) electrons. The summed E-state index contributed by atoms with van der Waals surface area (Å²) in [6.45, 7) is 3.18. The monoisotopic (exact) mass is 532 g/mol. The van der Waals surface area contributed by atoms with E-state index in [1.165, 1.54) is 11.3 Å². The second-order valence-electron chi connectivity index (χ2n) is 8.37. The summed E-state index contributed by atoms with van der Waals surface area (Å²) in [5.74, 6) is -0.671. The van der Waals surface area contributed by atoms with Gasteiger partial charge in [0, 0.05) is 48.1 Å². The van der Waals surface area contributed by atoms with E-state index in [2.05, 4.69) is 20.2 Å². The van der Waals surface area contributed by atoms with Crippen molar-refractivity contribution in [2.75, 3.05) is 18.0 Å². The number of nitrogens with zero attached hydrogens (tertiary/aromatic N) is 2. The van der Waals surface area contributed by atoms with Gasteiger partial charge in [0.15, 0.2) is 5.13 Å². The minimum atomic E-state index is -0.978. The van der Waals surface area contributed by atoms with E-state index in [-0.39, 0.29) is 58.2 Å². The number of piperidine rings is 1. The zero-order chi connectivity index (χ0) is 23.4. The summed E-state index contributed by atoms with van der Waals surface area (Å²) in [7, 11) is 0. The number of carbonyl (C=O) groups excluding carboxylic acids is 1. The molecule has 2 aliphatic rings. The molecule has 1 saturated carbocycles. The standard InChI is InChI=1S/C22H19Cl3N4O3S.Li.H/c1-9-15(24)16(25)18(26-9)20(30)28-17-12-7-29(8-13(12)17)22-27-14(19(33-22)21(31)32)6-10-2-4-11(23)5-3-10;;/h2-5,12-13,17,26H,6-8H2,1H3,(H,28,30)(H,31,32);;/t12-,13+,17?;;. The molecule has 174 valence electrons. The molecule has 2 aromatic heterocycles. The molecule has 12 heteroatoms. The van der Waals surface area contributed by atoms with Crippen molar-refractivity contribution in [1.29, 1.82) is 0 Å². The molecule has 1 aliphatic heterocycles. The summed E-state index contributed by atoms with van der Waals surface area (Å²) in [5.41, 5.74) is 2.42. The maximum absolute atomic E-state index is 12.6. The minimum absolute atomic E-state index is 0. The van der Waals surface area contributed by atoms with E-state index in [0.717, 1.165) is 5.56 Å². The normalized spacial score (nSPS) is 20.6. The van der Waals surface area contributed by atoms with Gasteiger partial charge in [0.25, 0.3) is 5.91 Å². The van der Waals surface area contributed by atoms with Gasteiger partial charge in [-0.05, 0) is 24.6 Å². The first-order valence-electron chi connectivity index (χ1n) is 10.3. The molecule has 34 heavy (non-hydrogen) atoms. The van der Waals surface area contributed by atoms with Crippen molar-refractivity contribution in [3.8, 4) is 0 Å². The fourth-order valence-corrected chi connectivity index (χ4v) is 5.89. The number of thiazole rings is 1. The number of nitrogens with one attached hydrogen (secondary N) is 2. The number of anilines is 1. The van der Waals surface area contributed by atoms with E-state index >= 15 is 0 Å². The van der Waals surface area contributed by atoms with Crippen LogP contribution in [-0.4, -0.2) is 64.9 Å². The number of amides is 1. The van der Waals surface area contributed by atoms with Gasteiger partial charge in [0.05, 0.1) is 15.7 Å². The van der Waals surface area contributed by atoms with Gasteiger partial charge in [-0.15, -0.1) is 0 Å². The first-order chi connectivity index (χ1) is 15.7. The van der Waals surface area contributed by atoms with Crippen molar-refractivity contribution in [3.05, 3.63) is 66.9 Å². The van der Waals surface area contributed by atoms with Crippen LogP contribution in [0.5, 0.6) is 0 Å². The number of benzene rings is 1. The second-order valence-corrected chi connectivity index (χ2v) is 10.5. The van der Waals surface area contributed by atoms with Crippen molar-refractivity contribution in [2.45, 2.75) is 19.4 Å². The van der Waals surface area contributed by atoms with Crippen molar-refractivity contribution in [1.82, 2.24) is 15.3 Å². The summed E-state index contributed by atoms with van der Waals surface area (Å²) in [6, 6.07) is 7.36. The fraction of sp³-hybridized carbons (Fsp3) is 0.318. The van der Waals surface area contributed by atoms with E-state index in [9.17, 15) is 14.7 Å². The Morgan fingerprint density at radius 1 is 1.18 bits per heavy atom. The van der Waals surface area contributed by atoms with E-state index in [1.807, 2.05) is 12.1 Å². The Hall–Kier alpha value is -1.66. The molecular formula is C22H20Cl3LiN4O3S. The van der Waals surface area contributed by atoms with Gasteiger partial charge in [-0.2, -0.15) is 0 Å². The third kappa shape index (κ3) is 4.73. The molecule has 1 aromatic carbocycles. The van der Waals surface area contributed by atoms with Gasteiger partial charge < -0.3 is 20.3 Å². The van der Waals surface area contributed by atoms with Crippen LogP contribution in [0.1, 0.15) is 37.1 Å². The summed E-state index contributed by atoms with van der Waals surface area (Å²) in [4.78, 5) is 34.3. The summed E-state index contributed by atoms with van der Waals surface area (Å²) < 4.78 is 0. The molecular weight excluding hydrogens is 514 g/mol. The number of halogens is 3. The van der Waals surface area contributed by atoms with Crippen molar-refractivity contribution >= 4 is 82.0 Å². The Morgan fingerprint density at radius 2 is 1.82 bits per heavy atom. The van der Waals surface area contributed by atoms with Crippen molar-refractivity contribution in [3.63, 3.8) is 0 Å². The number of carboxylic acid groups (broad SMARTS) is 1. The number of fused-ring (bicyclic) bond motifs is 1. The maximum atomic E-state index is 12.6. The van der Waals surface area contributed by atoms with Crippen LogP contribution in [0.3, 0.4) is 0 Å². The Balaban J connectivity index is 0.00000274. The Labute approximate surface area is 227 Å². The van der Waals surface area contributed by atoms with Gasteiger partial charge in [-0.3, -0.25) is 4.79 Å². The first kappa shape index (κ1) is 25.4. The van der Waals surface area contributed by atoms with Crippen LogP contribution in [0.4, 0.5) is 5.13 Å². The van der Waals surface area contributed by atoms with Crippen LogP contribution in [0.2, 0.25) is 15.1 Å². The van der Waals surface area contributed by atoms with E-state index in [0.29, 0.717) is 46.1 Å². The number of aromatic amines is 1. The molecule has 3 N–H and O–H groups in total. The zero-order valence-electron chi connectivity index (χ0n) is 17.4. The summed E-state index contributed by atoms with van der Waals surface area (Å²) in [6.07, 6.45) is 0.424. The van der Waals surface area contributed by atoms with Gasteiger partial charge in [0.1, 0.15) is 10.6 Å². The predicted molar refractivity (Wildman–Crippen MR) is 136 cm³/mol. The van der Waals surface area contributed by atoms with Gasteiger partial charge in [-0.25, -0.2) is 9.78 Å². The van der Waals surface area contributed by atoms with Crippen LogP contribution in [0, 0.1) is 18.8 Å². The average molecular weight is 534 g/mol. The molecule has 1 saturated heterocycles. The molecule has 2 fully saturated rings. The Kier molecular flexibility index (Phi) is 7.31. The third-order valence-corrected chi connectivity index (χ3v) is 8.55. The number of H-pyrrole nitrogens is 1. The number of carboxylic acids is 1. The number of hydrogen-bond acceptors (Lipinski definition) is 5. The van der Waals surface area contributed by atoms with E-state index in [1.54, 1.807) is 19.1 Å². The molecule has 0 bridgehead atoms. The third-order valence-electron chi connectivity index (χ3n) is 6.21. The number of aromatic carboxylic acids is 1. The second kappa shape index (κ2) is 9.77. The van der Waals surface area contributed by atoms with Crippen LogP contribution >= 0.6 is 46.1 Å². The number of rotatable bonds is 6. The topological polar surface area (TPSA) is 98.3 Å². The molecule has 3 atom stereocenters. The fourth-order valence-electron chi connectivity index (χ4n) is 4.41. The molecule has 1 amide bonds. The van der Waals surface area contributed by atoms with Gasteiger partial charge in [0.2, 0.25) is 0 Å². The average Bonchev–Trinajstić information content (AvgIpc) is 3.14. The molecule has 1 unspecified atom stereocenters. The first-order valence-corrected chi connectivity index (χ1v) is 12.2. The van der Waals surface area contributed by atoms with Crippen LogP contribution < -0.4 is 10.2 Å². The Bertz CT molecular complexity index is 1250. The van der Waals surface area contributed by atoms with Crippen LogP contribution in [0.25, 0.3) is 0 Å². The number of hydrogen-bond donors (Lipinski definition) is 3. The summed E-state index contributed by atoms with van der Waals surface area (Å²) >= 11 is 19.4. The van der Waals surface area contributed by atoms with Gasteiger partial charge >= 0.3 is 24.8 Å². The zero-order valence-corrected chi connectivity index (χ0v) is 20.4. The van der Waals surface area contributed by atoms with Crippen molar-refractivity contribution < 1.29 is 14.7 Å². The Morgan fingerprint density at radius 3 is 2.38 bits per heavy atom. The molecule has 3 aromatic rings. The molecule has 1 aliphatic carbocycles. The quantitative estimate of drug-likeness (QED) is 0.412. The molecule has 0 spiro atoms. The number of aryl methyl sites for hydroxylation is 1. The van der Waals surface area contributed by atoms with Crippen molar-refractivity contribution in [2.24, 2.45) is 11.8 Å². The number of aromatic nitrogens is 2. The van der Waals surface area contributed by atoms with E-state index < -0.39 is 5.97 Å². The summed E-state index contributed by atoms with van der Waals surface area (Å²) in [5, 5.41) is 14.6. The number of carbonyl (C=O) groups is 2. The van der Waals surface area contributed by atoms with Crippen LogP contribution in [0.15, 0.2) is 24.3 Å². The molecule has 3 heterocycles. The predicted octanol–water partition coefficient (Wildman–Crippen LogP) is 4.24. The molecule has 7 nitrogen and oxygen atoms in total. The van der Waals surface area contributed by atoms with Crippen LogP contribution in [-0.2, 0) is 6.42 Å².